The fraction of sp³-hybridized carbons (Fsp3) is 0.667. The summed E-state index contributed by atoms with van der Waals surface area (Å²) in [5, 5.41) is 4.08. The van der Waals surface area contributed by atoms with Gasteiger partial charge in [0, 0.05) is 16.5 Å². The number of carbonyl (C=O) groups excluding carboxylic acids is 2. The van der Waals surface area contributed by atoms with E-state index in [2.05, 4.69) is 25.2 Å². The molecular formula is C30H39ClN2O2. The molecule has 0 radical (unpaired) electrons. The van der Waals surface area contributed by atoms with Crippen molar-refractivity contribution in [1.82, 2.24) is 10.2 Å². The maximum atomic E-state index is 13.9. The number of rotatable bonds is 2. The number of urea groups is 1. The first-order valence-corrected chi connectivity index (χ1v) is 14.2. The Morgan fingerprint density at radius 1 is 0.943 bits per heavy atom. The molecule has 3 amide bonds. The van der Waals surface area contributed by atoms with E-state index < -0.39 is 5.54 Å². The van der Waals surface area contributed by atoms with Crippen LogP contribution in [0.5, 0.6) is 0 Å². The number of amides is 3. The van der Waals surface area contributed by atoms with E-state index in [-0.39, 0.29) is 23.4 Å². The Morgan fingerprint density at radius 3 is 2.43 bits per heavy atom. The summed E-state index contributed by atoms with van der Waals surface area (Å²) >= 11 is 6.15. The lowest BCUT2D eigenvalue weighted by molar-refractivity contribution is -0.135. The molecule has 4 nitrogen and oxygen atoms in total. The molecule has 0 unspecified atom stereocenters. The molecule has 5 aliphatic rings. The van der Waals surface area contributed by atoms with Crippen molar-refractivity contribution < 1.29 is 9.59 Å². The number of nitrogens with one attached hydrogen (secondary N) is 1. The predicted molar refractivity (Wildman–Crippen MR) is 139 cm³/mol. The van der Waals surface area contributed by atoms with Crippen molar-refractivity contribution in [3.63, 3.8) is 0 Å². The van der Waals surface area contributed by atoms with Crippen LogP contribution in [0.3, 0.4) is 0 Å². The summed E-state index contributed by atoms with van der Waals surface area (Å²) in [5.74, 6) is 1.91. The standard InChI is InChI=1S/C30H39ClN2O2/c1-28-15-5-6-23(28)22-11-12-25-29(2,24(22)13-18-28)19-14-26(34)33(25)27(35)32-30(16-3-4-17-30)20-7-9-21(31)10-8-20/h7-10,14,19,22-25H,3-6,11-13,15-18H2,1-2H3,(H,32,35)/t22-,23-,24-,25+,28-,29+/m0/s1. The van der Waals surface area contributed by atoms with Crippen LogP contribution in [0.25, 0.3) is 0 Å². The van der Waals surface area contributed by atoms with Gasteiger partial charge in [0.25, 0.3) is 5.91 Å². The first-order chi connectivity index (χ1) is 16.8. The summed E-state index contributed by atoms with van der Waals surface area (Å²) in [5.41, 5.74) is 1.03. The van der Waals surface area contributed by atoms with E-state index in [0.29, 0.717) is 16.4 Å². The van der Waals surface area contributed by atoms with E-state index >= 15 is 0 Å². The molecule has 1 heterocycles. The summed E-state index contributed by atoms with van der Waals surface area (Å²) in [7, 11) is 0. The molecule has 0 aromatic heterocycles. The van der Waals surface area contributed by atoms with Gasteiger partial charge in [-0.15, -0.1) is 0 Å². The van der Waals surface area contributed by atoms with Gasteiger partial charge in [0.1, 0.15) is 0 Å². The van der Waals surface area contributed by atoms with Gasteiger partial charge in [-0.3, -0.25) is 9.69 Å². The lowest BCUT2D eigenvalue weighted by atomic mass is 9.48. The molecule has 0 saturated heterocycles. The second-order valence-electron chi connectivity index (χ2n) is 12.7. The lowest BCUT2D eigenvalue weighted by Crippen LogP contribution is -2.64. The van der Waals surface area contributed by atoms with Crippen molar-refractivity contribution in [2.24, 2.45) is 28.6 Å². The van der Waals surface area contributed by atoms with E-state index in [0.717, 1.165) is 55.9 Å². The third-order valence-electron chi connectivity index (χ3n) is 11.1. The molecule has 4 aliphatic carbocycles. The Bertz CT molecular complexity index is 1040. The topological polar surface area (TPSA) is 49.4 Å². The number of benzene rings is 1. The molecule has 6 rings (SSSR count). The molecular weight excluding hydrogens is 456 g/mol. The van der Waals surface area contributed by atoms with E-state index in [4.69, 9.17) is 11.6 Å². The number of carbonyl (C=O) groups is 2. The maximum Gasteiger partial charge on any atom is 0.325 e. The molecule has 1 N–H and O–H groups in total. The summed E-state index contributed by atoms with van der Waals surface area (Å²) in [6, 6.07) is 7.58. The van der Waals surface area contributed by atoms with E-state index in [1.807, 2.05) is 24.3 Å². The molecule has 1 aromatic rings. The molecule has 0 spiro atoms. The molecule has 1 aromatic carbocycles. The van der Waals surface area contributed by atoms with Gasteiger partial charge in [0.05, 0.1) is 11.6 Å². The van der Waals surface area contributed by atoms with Gasteiger partial charge < -0.3 is 5.32 Å². The SMILES string of the molecule is C[C@@]12CCC[C@H]1[C@@H]1CC[C@H]3N(C(=O)NC4(c5ccc(Cl)cc5)CCCC4)C(=O)C=C[C@]3(C)[C@H]1CC2. The summed E-state index contributed by atoms with van der Waals surface area (Å²) in [6.07, 6.45) is 16.5. The Labute approximate surface area is 214 Å². The van der Waals surface area contributed by atoms with Gasteiger partial charge in [0.2, 0.25) is 0 Å². The van der Waals surface area contributed by atoms with Crippen molar-refractivity contribution in [1.29, 1.82) is 0 Å². The van der Waals surface area contributed by atoms with E-state index in [1.165, 1.54) is 32.1 Å². The van der Waals surface area contributed by atoms with Gasteiger partial charge in [0.15, 0.2) is 0 Å². The van der Waals surface area contributed by atoms with Crippen LogP contribution in [0.2, 0.25) is 5.02 Å². The summed E-state index contributed by atoms with van der Waals surface area (Å²) in [4.78, 5) is 28.8. The number of hydrogen-bond acceptors (Lipinski definition) is 2. The van der Waals surface area contributed by atoms with Crippen LogP contribution in [0, 0.1) is 28.6 Å². The minimum absolute atomic E-state index is 0.0596. The highest BCUT2D eigenvalue weighted by Gasteiger charge is 2.59. The summed E-state index contributed by atoms with van der Waals surface area (Å²) < 4.78 is 0. The largest absolute Gasteiger partial charge is 0.328 e. The normalized spacial score (nSPS) is 39.6. The average Bonchev–Trinajstić information content (AvgIpc) is 3.47. The van der Waals surface area contributed by atoms with Gasteiger partial charge in [-0.25, -0.2) is 4.79 Å². The zero-order valence-corrected chi connectivity index (χ0v) is 21.9. The molecule has 4 fully saturated rings. The minimum Gasteiger partial charge on any atom is -0.328 e. The van der Waals surface area contributed by atoms with Crippen LogP contribution in [0.1, 0.15) is 90.0 Å². The van der Waals surface area contributed by atoms with Gasteiger partial charge >= 0.3 is 6.03 Å². The molecule has 6 atom stereocenters. The first kappa shape index (κ1) is 23.6. The average molecular weight is 495 g/mol. The highest BCUT2D eigenvalue weighted by Crippen LogP contribution is 2.64. The molecule has 0 bridgehead atoms. The maximum absolute atomic E-state index is 13.9. The second kappa shape index (κ2) is 8.36. The lowest BCUT2D eigenvalue weighted by Gasteiger charge is -2.59. The van der Waals surface area contributed by atoms with E-state index in [9.17, 15) is 9.59 Å². The van der Waals surface area contributed by atoms with Crippen LogP contribution < -0.4 is 5.32 Å². The van der Waals surface area contributed by atoms with Crippen molar-refractivity contribution in [3.05, 3.63) is 47.0 Å². The number of imide groups is 1. The van der Waals surface area contributed by atoms with Crippen molar-refractivity contribution in [2.75, 3.05) is 0 Å². The third kappa shape index (κ3) is 3.61. The smallest absolute Gasteiger partial charge is 0.325 e. The minimum atomic E-state index is -0.423. The quantitative estimate of drug-likeness (QED) is 0.471. The number of nitrogens with zero attached hydrogens (tertiary/aromatic N) is 1. The van der Waals surface area contributed by atoms with Gasteiger partial charge in [-0.05, 0) is 92.2 Å². The Morgan fingerprint density at radius 2 is 1.69 bits per heavy atom. The van der Waals surface area contributed by atoms with Crippen LogP contribution in [0.4, 0.5) is 4.79 Å². The van der Waals surface area contributed by atoms with Crippen LogP contribution >= 0.6 is 11.6 Å². The zero-order chi connectivity index (χ0) is 24.4. The first-order valence-electron chi connectivity index (χ1n) is 13.9. The Balaban J connectivity index is 1.28. The van der Waals surface area contributed by atoms with Crippen LogP contribution in [-0.4, -0.2) is 22.9 Å². The molecule has 188 valence electrons. The van der Waals surface area contributed by atoms with Gasteiger partial charge in [-0.1, -0.05) is 62.9 Å². The molecule has 35 heavy (non-hydrogen) atoms. The highest BCUT2D eigenvalue weighted by molar-refractivity contribution is 6.30. The molecule has 1 aliphatic heterocycles. The molecule has 5 heteroatoms. The number of halogens is 1. The monoisotopic (exact) mass is 494 g/mol. The highest BCUT2D eigenvalue weighted by atomic mass is 35.5. The zero-order valence-electron chi connectivity index (χ0n) is 21.2. The van der Waals surface area contributed by atoms with E-state index in [1.54, 1.807) is 11.0 Å². The fourth-order valence-corrected chi connectivity index (χ4v) is 9.36. The Kier molecular flexibility index (Phi) is 5.63. The van der Waals surface area contributed by atoms with Crippen LogP contribution in [-0.2, 0) is 10.3 Å². The summed E-state index contributed by atoms with van der Waals surface area (Å²) in [6.45, 7) is 4.85. The van der Waals surface area contributed by atoms with Crippen molar-refractivity contribution in [3.8, 4) is 0 Å². The van der Waals surface area contributed by atoms with Crippen molar-refractivity contribution in [2.45, 2.75) is 96.1 Å². The van der Waals surface area contributed by atoms with Crippen LogP contribution in [0.15, 0.2) is 36.4 Å². The molecule has 4 saturated carbocycles. The predicted octanol–water partition coefficient (Wildman–Crippen LogP) is 7.22. The number of hydrogen-bond donors (Lipinski definition) is 1. The van der Waals surface area contributed by atoms with Crippen molar-refractivity contribution >= 4 is 23.5 Å². The van der Waals surface area contributed by atoms with Gasteiger partial charge in [-0.2, -0.15) is 0 Å². The third-order valence-corrected chi connectivity index (χ3v) is 11.3. The Hall–Kier alpha value is -1.81. The fourth-order valence-electron chi connectivity index (χ4n) is 9.23. The number of fused-ring (bicyclic) bond motifs is 5. The second-order valence-corrected chi connectivity index (χ2v) is 13.1.